The molecule has 1 N–H and O–H groups in total. The van der Waals surface area contributed by atoms with Gasteiger partial charge in [-0.1, -0.05) is 6.08 Å². The van der Waals surface area contributed by atoms with Gasteiger partial charge in [-0.25, -0.2) is 8.78 Å². The van der Waals surface area contributed by atoms with Crippen molar-refractivity contribution in [1.29, 1.82) is 0 Å². The summed E-state index contributed by atoms with van der Waals surface area (Å²) in [5, 5.41) is 20.1. The van der Waals surface area contributed by atoms with E-state index in [4.69, 9.17) is 0 Å². The highest BCUT2D eigenvalue weighted by Crippen LogP contribution is 2.29. The molecule has 0 atom stereocenters. The minimum Gasteiger partial charge on any atom is -0.313 e. The van der Waals surface area contributed by atoms with Gasteiger partial charge in [0.15, 0.2) is 5.82 Å². The van der Waals surface area contributed by atoms with Crippen LogP contribution in [0.3, 0.4) is 0 Å². The summed E-state index contributed by atoms with van der Waals surface area (Å²) in [6.07, 6.45) is 2.90. The third-order valence-corrected chi connectivity index (χ3v) is 4.93. The van der Waals surface area contributed by atoms with Gasteiger partial charge in [0.1, 0.15) is 16.9 Å². The van der Waals surface area contributed by atoms with Gasteiger partial charge >= 0.3 is 0 Å². The maximum atomic E-state index is 14.8. The molecule has 1 aliphatic rings. The summed E-state index contributed by atoms with van der Waals surface area (Å²) < 4.78 is 29.2. The molecule has 0 amide bonds. The van der Waals surface area contributed by atoms with Gasteiger partial charge in [0.05, 0.1) is 11.2 Å². The van der Waals surface area contributed by atoms with Crippen molar-refractivity contribution in [3.05, 3.63) is 53.6 Å². The average molecular weight is 378 g/mol. The molecule has 140 valence electrons. The lowest BCUT2D eigenvalue weighted by molar-refractivity contribution is 0.625. The molecule has 3 heterocycles. The van der Waals surface area contributed by atoms with Gasteiger partial charge in [-0.3, -0.25) is 0 Å². The number of nitrogens with zero attached hydrogens (tertiary/aromatic N) is 5. The Labute approximate surface area is 158 Å². The molecule has 0 fully saturated rings. The zero-order valence-electron chi connectivity index (χ0n) is 15.1. The highest BCUT2D eigenvalue weighted by molar-refractivity contribution is 5.87. The fourth-order valence-corrected chi connectivity index (χ4v) is 3.54. The van der Waals surface area contributed by atoms with Gasteiger partial charge < -0.3 is 5.32 Å². The molecule has 0 spiro atoms. The number of rotatable bonds is 2. The zero-order chi connectivity index (χ0) is 19.3. The summed E-state index contributed by atoms with van der Waals surface area (Å²) in [6, 6.07) is 7.96. The van der Waals surface area contributed by atoms with Crippen LogP contribution in [0.25, 0.3) is 38.8 Å². The first-order valence-electron chi connectivity index (χ1n) is 8.96. The highest BCUT2D eigenvalue weighted by atomic mass is 19.1. The summed E-state index contributed by atoms with van der Waals surface area (Å²) in [7, 11) is 1.62. The van der Waals surface area contributed by atoms with E-state index in [1.54, 1.807) is 19.2 Å². The molecule has 5 rings (SSSR count). The van der Waals surface area contributed by atoms with E-state index in [1.165, 1.54) is 16.9 Å². The number of aromatic nitrogens is 5. The van der Waals surface area contributed by atoms with Crippen molar-refractivity contribution in [2.24, 2.45) is 7.05 Å². The van der Waals surface area contributed by atoms with Crippen LogP contribution < -0.4 is 5.32 Å². The van der Waals surface area contributed by atoms with E-state index in [2.05, 4.69) is 31.8 Å². The van der Waals surface area contributed by atoms with E-state index in [0.29, 0.717) is 27.7 Å². The smallest absolute Gasteiger partial charge is 0.153 e. The number of halogens is 2. The number of hydrogen-bond donors (Lipinski definition) is 1. The number of hydrogen-bond acceptors (Lipinski definition) is 5. The SMILES string of the molecule is Cn1nc2cc(-c3cc4c(F)cc(C5=CCNCC5)cc4nn3)cc(F)c2n1. The number of benzene rings is 2. The summed E-state index contributed by atoms with van der Waals surface area (Å²) in [4.78, 5) is 1.31. The van der Waals surface area contributed by atoms with E-state index >= 15 is 0 Å². The van der Waals surface area contributed by atoms with Crippen LogP contribution in [0, 0.1) is 11.6 Å². The number of aryl methyl sites for hydroxylation is 1. The Morgan fingerprint density at radius 3 is 2.57 bits per heavy atom. The molecule has 4 aromatic rings. The number of nitrogens with one attached hydrogen (secondary N) is 1. The molecule has 0 saturated carbocycles. The lowest BCUT2D eigenvalue weighted by Gasteiger charge is -2.15. The Balaban J connectivity index is 1.62. The number of fused-ring (bicyclic) bond motifs is 2. The third-order valence-electron chi connectivity index (χ3n) is 4.93. The fraction of sp³-hybridized carbons (Fsp3) is 0.200. The topological polar surface area (TPSA) is 68.5 Å². The largest absolute Gasteiger partial charge is 0.313 e. The molecule has 2 aromatic heterocycles. The molecule has 2 aromatic carbocycles. The predicted molar refractivity (Wildman–Crippen MR) is 102 cm³/mol. The van der Waals surface area contributed by atoms with Gasteiger partial charge in [0.2, 0.25) is 0 Å². The zero-order valence-corrected chi connectivity index (χ0v) is 15.1. The van der Waals surface area contributed by atoms with E-state index < -0.39 is 5.82 Å². The first kappa shape index (κ1) is 16.9. The molecule has 1 aliphatic heterocycles. The van der Waals surface area contributed by atoms with E-state index in [1.807, 2.05) is 6.07 Å². The average Bonchev–Trinajstić information content (AvgIpc) is 3.09. The Kier molecular flexibility index (Phi) is 3.87. The normalized spacial score (nSPS) is 14.6. The Bertz CT molecular complexity index is 1260. The standard InChI is InChI=1S/C20H16F2N6/c1-28-26-19-9-13(7-16(22)20(19)27-28)17-10-14-15(21)6-12(8-18(14)25-24-17)11-2-4-23-5-3-11/h2,6-10,23H,3-5H2,1H3. The Morgan fingerprint density at radius 2 is 1.75 bits per heavy atom. The van der Waals surface area contributed by atoms with Gasteiger partial charge in [-0.2, -0.15) is 15.0 Å². The maximum Gasteiger partial charge on any atom is 0.153 e. The molecular weight excluding hydrogens is 362 g/mol. The summed E-state index contributed by atoms with van der Waals surface area (Å²) in [5.41, 5.74) is 3.84. The molecule has 6 nitrogen and oxygen atoms in total. The Hall–Kier alpha value is -3.26. The van der Waals surface area contributed by atoms with Crippen molar-refractivity contribution < 1.29 is 8.78 Å². The van der Waals surface area contributed by atoms with Crippen LogP contribution in [0.4, 0.5) is 8.78 Å². The first-order chi connectivity index (χ1) is 13.6. The van der Waals surface area contributed by atoms with Crippen molar-refractivity contribution in [2.45, 2.75) is 6.42 Å². The summed E-state index contributed by atoms with van der Waals surface area (Å²) in [6.45, 7) is 1.64. The van der Waals surface area contributed by atoms with Crippen LogP contribution >= 0.6 is 0 Å². The van der Waals surface area contributed by atoms with Gasteiger partial charge in [-0.05, 0) is 54.4 Å². The molecule has 28 heavy (non-hydrogen) atoms. The van der Waals surface area contributed by atoms with Crippen molar-refractivity contribution in [2.75, 3.05) is 13.1 Å². The second-order valence-corrected chi connectivity index (χ2v) is 6.82. The summed E-state index contributed by atoms with van der Waals surface area (Å²) >= 11 is 0. The van der Waals surface area contributed by atoms with Gasteiger partial charge in [0.25, 0.3) is 0 Å². The highest BCUT2D eigenvalue weighted by Gasteiger charge is 2.15. The van der Waals surface area contributed by atoms with Crippen LogP contribution in [0.15, 0.2) is 36.4 Å². The third kappa shape index (κ3) is 2.82. The molecule has 0 radical (unpaired) electrons. The minimum atomic E-state index is -0.504. The van der Waals surface area contributed by atoms with E-state index in [0.717, 1.165) is 30.6 Å². The molecule has 0 unspecified atom stereocenters. The first-order valence-corrected chi connectivity index (χ1v) is 8.96. The van der Waals surface area contributed by atoms with Crippen molar-refractivity contribution in [3.63, 3.8) is 0 Å². The van der Waals surface area contributed by atoms with Crippen molar-refractivity contribution >= 4 is 27.5 Å². The Morgan fingerprint density at radius 1 is 0.929 bits per heavy atom. The minimum absolute atomic E-state index is 0.186. The van der Waals surface area contributed by atoms with Gasteiger partial charge in [0, 0.05) is 24.5 Å². The van der Waals surface area contributed by atoms with Crippen molar-refractivity contribution in [3.8, 4) is 11.3 Å². The van der Waals surface area contributed by atoms with Crippen LogP contribution in [-0.4, -0.2) is 38.3 Å². The van der Waals surface area contributed by atoms with Crippen LogP contribution in [0.5, 0.6) is 0 Å². The molecule has 0 saturated heterocycles. The van der Waals surface area contributed by atoms with E-state index in [-0.39, 0.29) is 11.3 Å². The predicted octanol–water partition coefficient (Wildman–Crippen LogP) is 3.23. The fourth-order valence-electron chi connectivity index (χ4n) is 3.54. The lowest BCUT2D eigenvalue weighted by atomic mass is 9.98. The monoisotopic (exact) mass is 378 g/mol. The summed E-state index contributed by atoms with van der Waals surface area (Å²) in [5.74, 6) is -0.875. The van der Waals surface area contributed by atoms with Crippen LogP contribution in [0.1, 0.15) is 12.0 Å². The molecular formula is C20H16F2N6. The van der Waals surface area contributed by atoms with Crippen molar-refractivity contribution in [1.82, 2.24) is 30.5 Å². The van der Waals surface area contributed by atoms with Crippen LogP contribution in [-0.2, 0) is 7.05 Å². The van der Waals surface area contributed by atoms with Crippen LogP contribution in [0.2, 0.25) is 0 Å². The lowest BCUT2D eigenvalue weighted by Crippen LogP contribution is -2.20. The quantitative estimate of drug-likeness (QED) is 0.580. The second kappa shape index (κ2) is 6.42. The van der Waals surface area contributed by atoms with E-state index in [9.17, 15) is 8.78 Å². The molecule has 0 aliphatic carbocycles. The second-order valence-electron chi connectivity index (χ2n) is 6.82. The molecule has 0 bridgehead atoms. The van der Waals surface area contributed by atoms with Gasteiger partial charge in [-0.15, -0.1) is 10.2 Å². The maximum absolute atomic E-state index is 14.8. The molecule has 8 heteroatoms.